The van der Waals surface area contributed by atoms with Crippen LogP contribution in [0.5, 0.6) is 11.5 Å². The summed E-state index contributed by atoms with van der Waals surface area (Å²) in [7, 11) is 0. The summed E-state index contributed by atoms with van der Waals surface area (Å²) in [5, 5.41) is 3.04. The van der Waals surface area contributed by atoms with E-state index in [1.165, 1.54) is 0 Å². The highest BCUT2D eigenvalue weighted by molar-refractivity contribution is 5.94. The molecule has 0 aromatic heterocycles. The number of benzene rings is 2. The van der Waals surface area contributed by atoms with Gasteiger partial charge in [-0.25, -0.2) is 0 Å². The first-order valence-electron chi connectivity index (χ1n) is 8.52. The third kappa shape index (κ3) is 4.15. The summed E-state index contributed by atoms with van der Waals surface area (Å²) in [6.45, 7) is 2.00. The molecule has 0 radical (unpaired) electrons. The van der Waals surface area contributed by atoms with E-state index in [4.69, 9.17) is 10.5 Å². The summed E-state index contributed by atoms with van der Waals surface area (Å²) >= 11 is 0. The van der Waals surface area contributed by atoms with Crippen molar-refractivity contribution >= 4 is 11.6 Å². The number of amides is 1. The highest BCUT2D eigenvalue weighted by Crippen LogP contribution is 2.32. The molecule has 24 heavy (non-hydrogen) atoms. The first kappa shape index (κ1) is 16.5. The van der Waals surface area contributed by atoms with Crippen molar-refractivity contribution in [1.82, 2.24) is 0 Å². The van der Waals surface area contributed by atoms with E-state index in [2.05, 4.69) is 5.32 Å². The summed E-state index contributed by atoms with van der Waals surface area (Å²) < 4.78 is 5.93. The lowest BCUT2D eigenvalue weighted by Crippen LogP contribution is -2.34. The predicted molar refractivity (Wildman–Crippen MR) is 96.3 cm³/mol. The Morgan fingerprint density at radius 2 is 1.96 bits per heavy atom. The second kappa shape index (κ2) is 7.49. The molecule has 4 heteroatoms. The van der Waals surface area contributed by atoms with E-state index in [1.807, 2.05) is 55.5 Å². The van der Waals surface area contributed by atoms with Crippen LogP contribution in [0.4, 0.5) is 5.69 Å². The van der Waals surface area contributed by atoms with Crippen molar-refractivity contribution in [3.63, 3.8) is 0 Å². The fraction of sp³-hybridized carbons (Fsp3) is 0.350. The molecule has 0 heterocycles. The van der Waals surface area contributed by atoms with E-state index >= 15 is 0 Å². The Balaban J connectivity index is 1.76. The van der Waals surface area contributed by atoms with Gasteiger partial charge in [-0.05, 0) is 56.0 Å². The van der Waals surface area contributed by atoms with Gasteiger partial charge in [0.15, 0.2) is 5.75 Å². The van der Waals surface area contributed by atoms with Gasteiger partial charge in [0.1, 0.15) is 5.75 Å². The molecule has 0 bridgehead atoms. The molecule has 0 spiro atoms. The van der Waals surface area contributed by atoms with Gasteiger partial charge in [-0.2, -0.15) is 0 Å². The van der Waals surface area contributed by atoms with Crippen molar-refractivity contribution in [2.45, 2.75) is 38.6 Å². The third-order valence-corrected chi connectivity index (χ3v) is 4.45. The average molecular weight is 324 g/mol. The number of hydrogen-bond donors (Lipinski definition) is 2. The molecule has 1 aliphatic rings. The second-order valence-electron chi connectivity index (χ2n) is 6.53. The zero-order valence-corrected chi connectivity index (χ0v) is 14.0. The molecule has 0 aliphatic heterocycles. The number of ether oxygens (including phenoxy) is 1. The Morgan fingerprint density at radius 3 is 2.71 bits per heavy atom. The molecule has 3 rings (SSSR count). The predicted octanol–water partition coefficient (Wildman–Crippen LogP) is 4.24. The number of carbonyl (C=O) groups is 1. The molecule has 1 fully saturated rings. The minimum Gasteiger partial charge on any atom is -0.455 e. The van der Waals surface area contributed by atoms with E-state index in [-0.39, 0.29) is 17.9 Å². The van der Waals surface area contributed by atoms with Gasteiger partial charge >= 0.3 is 0 Å². The van der Waals surface area contributed by atoms with Crippen LogP contribution in [0.2, 0.25) is 0 Å². The van der Waals surface area contributed by atoms with Gasteiger partial charge in [-0.1, -0.05) is 30.7 Å². The Hall–Kier alpha value is -2.33. The van der Waals surface area contributed by atoms with E-state index in [9.17, 15) is 4.79 Å². The quantitative estimate of drug-likeness (QED) is 0.884. The van der Waals surface area contributed by atoms with E-state index in [0.29, 0.717) is 11.4 Å². The Morgan fingerprint density at radius 1 is 1.17 bits per heavy atom. The molecule has 0 saturated heterocycles. The number of anilines is 1. The number of carbonyl (C=O) groups excluding carboxylic acids is 1. The lowest BCUT2D eigenvalue weighted by Gasteiger charge is -2.26. The van der Waals surface area contributed by atoms with Crippen molar-refractivity contribution in [3.05, 3.63) is 54.1 Å². The van der Waals surface area contributed by atoms with Crippen LogP contribution < -0.4 is 15.8 Å². The summed E-state index contributed by atoms with van der Waals surface area (Å²) in [4.78, 5) is 12.6. The lowest BCUT2D eigenvalue weighted by molar-refractivity contribution is -0.120. The molecule has 2 unspecified atom stereocenters. The molecule has 2 aromatic carbocycles. The van der Waals surface area contributed by atoms with E-state index < -0.39 is 0 Å². The molecular formula is C20H24N2O2. The summed E-state index contributed by atoms with van der Waals surface area (Å²) in [5.74, 6) is 1.42. The van der Waals surface area contributed by atoms with Crippen molar-refractivity contribution in [3.8, 4) is 11.5 Å². The number of nitrogens with one attached hydrogen (secondary N) is 1. The molecule has 3 N–H and O–H groups in total. The zero-order valence-electron chi connectivity index (χ0n) is 14.0. The van der Waals surface area contributed by atoms with Gasteiger partial charge in [-0.3, -0.25) is 4.79 Å². The van der Waals surface area contributed by atoms with Gasteiger partial charge in [0.25, 0.3) is 0 Å². The SMILES string of the molecule is Cc1ccc(Oc2ccccc2)c(NC(=O)C2CCCC(N)C2)c1. The smallest absolute Gasteiger partial charge is 0.227 e. The fourth-order valence-electron chi connectivity index (χ4n) is 3.15. The van der Waals surface area contributed by atoms with Crippen LogP contribution in [-0.4, -0.2) is 11.9 Å². The maximum atomic E-state index is 12.6. The second-order valence-corrected chi connectivity index (χ2v) is 6.53. The largest absolute Gasteiger partial charge is 0.455 e. The van der Waals surface area contributed by atoms with Gasteiger partial charge in [0.2, 0.25) is 5.91 Å². The molecule has 2 aromatic rings. The van der Waals surface area contributed by atoms with Gasteiger partial charge < -0.3 is 15.8 Å². The topological polar surface area (TPSA) is 64.3 Å². The first-order valence-corrected chi connectivity index (χ1v) is 8.52. The summed E-state index contributed by atoms with van der Waals surface area (Å²) in [5.41, 5.74) is 7.79. The van der Waals surface area contributed by atoms with Crippen LogP contribution in [0.15, 0.2) is 48.5 Å². The Kier molecular flexibility index (Phi) is 5.16. The molecular weight excluding hydrogens is 300 g/mol. The number of hydrogen-bond acceptors (Lipinski definition) is 3. The number of aryl methyl sites for hydroxylation is 1. The zero-order chi connectivity index (χ0) is 16.9. The van der Waals surface area contributed by atoms with Crippen LogP contribution >= 0.6 is 0 Å². The normalized spacial score (nSPS) is 20.4. The van der Waals surface area contributed by atoms with Gasteiger partial charge in [0, 0.05) is 12.0 Å². The first-order chi connectivity index (χ1) is 11.6. The van der Waals surface area contributed by atoms with Crippen molar-refractivity contribution in [2.24, 2.45) is 11.7 Å². The highest BCUT2D eigenvalue weighted by Gasteiger charge is 2.26. The van der Waals surface area contributed by atoms with Crippen molar-refractivity contribution in [2.75, 3.05) is 5.32 Å². The van der Waals surface area contributed by atoms with E-state index in [1.54, 1.807) is 0 Å². The minimum atomic E-state index is -0.0150. The maximum Gasteiger partial charge on any atom is 0.227 e. The molecule has 1 amide bonds. The molecule has 1 aliphatic carbocycles. The average Bonchev–Trinajstić information content (AvgIpc) is 2.58. The summed E-state index contributed by atoms with van der Waals surface area (Å²) in [6, 6.07) is 15.5. The minimum absolute atomic E-state index is 0.0150. The monoisotopic (exact) mass is 324 g/mol. The van der Waals surface area contributed by atoms with Gasteiger partial charge in [0.05, 0.1) is 5.69 Å². The third-order valence-electron chi connectivity index (χ3n) is 4.45. The van der Waals surface area contributed by atoms with Crippen molar-refractivity contribution in [1.29, 1.82) is 0 Å². The number of nitrogens with two attached hydrogens (primary N) is 1. The molecule has 2 atom stereocenters. The van der Waals surface area contributed by atoms with Crippen molar-refractivity contribution < 1.29 is 9.53 Å². The van der Waals surface area contributed by atoms with Crippen LogP contribution in [0, 0.1) is 12.8 Å². The maximum absolute atomic E-state index is 12.6. The van der Waals surface area contributed by atoms with E-state index in [0.717, 1.165) is 37.0 Å². The standard InChI is InChI=1S/C20H24N2O2/c1-14-10-11-19(24-17-8-3-2-4-9-17)18(12-14)22-20(23)15-6-5-7-16(21)13-15/h2-4,8-12,15-16H,5-7,13,21H2,1H3,(H,22,23). The number of rotatable bonds is 4. The van der Waals surface area contributed by atoms with Gasteiger partial charge in [-0.15, -0.1) is 0 Å². The highest BCUT2D eigenvalue weighted by atomic mass is 16.5. The molecule has 1 saturated carbocycles. The van der Waals surface area contributed by atoms with Crippen LogP contribution in [0.1, 0.15) is 31.2 Å². The molecule has 126 valence electrons. The summed E-state index contributed by atoms with van der Waals surface area (Å²) in [6.07, 6.45) is 3.68. The fourth-order valence-corrected chi connectivity index (χ4v) is 3.15. The van der Waals surface area contributed by atoms with Crippen LogP contribution in [0.25, 0.3) is 0 Å². The van der Waals surface area contributed by atoms with Crippen LogP contribution in [0.3, 0.4) is 0 Å². The Labute approximate surface area is 143 Å². The number of para-hydroxylation sites is 1. The Bertz CT molecular complexity index is 700. The molecule has 4 nitrogen and oxygen atoms in total. The van der Waals surface area contributed by atoms with Crippen LogP contribution in [-0.2, 0) is 4.79 Å². The lowest BCUT2D eigenvalue weighted by atomic mass is 9.85.